The van der Waals surface area contributed by atoms with Gasteiger partial charge >= 0.3 is 22.1 Å². The second-order valence-corrected chi connectivity index (χ2v) is 16.1. The lowest BCUT2D eigenvalue weighted by molar-refractivity contribution is -0.221. The van der Waals surface area contributed by atoms with Crippen LogP contribution in [0.15, 0.2) is 143 Å². The number of rotatable bonds is 19. The van der Waals surface area contributed by atoms with Crippen molar-refractivity contribution in [3.8, 4) is 0 Å². The molecule has 2 saturated heterocycles. The van der Waals surface area contributed by atoms with Gasteiger partial charge in [0.25, 0.3) is 5.56 Å². The smallest absolute Gasteiger partial charge is 0.424 e. The van der Waals surface area contributed by atoms with Gasteiger partial charge in [-0.15, -0.1) is 0 Å². The molecule has 19 heteroatoms. The number of hydrogen-bond acceptors (Lipinski definition) is 15. The number of piperidine rings is 1. The van der Waals surface area contributed by atoms with Crippen LogP contribution >= 0.6 is 0 Å². The fourth-order valence-electron chi connectivity index (χ4n) is 7.15. The fraction of sp³-hybridized carbons (Fsp3) is 0.341. The fourth-order valence-corrected chi connectivity index (χ4v) is 7.77. The van der Waals surface area contributed by atoms with E-state index in [4.69, 9.17) is 32.6 Å². The molecule has 2 aliphatic heterocycles. The molecule has 0 bridgehead atoms. The van der Waals surface area contributed by atoms with Crippen molar-refractivity contribution in [2.75, 3.05) is 13.2 Å². The molecule has 334 valence electrons. The Morgan fingerprint density at radius 1 is 0.667 bits per heavy atom. The van der Waals surface area contributed by atoms with Crippen LogP contribution in [0.4, 0.5) is 4.79 Å². The average molecular weight is 889 g/mol. The lowest BCUT2D eigenvalue weighted by atomic mass is 9.93. The average Bonchev–Trinajstić information content (AvgIpc) is 3.56. The standard InChI is InChI=1S/C44H48N4O14S/c49-35-21-22-48(43(52)46-35)42-37(51)36(50)34(61-42)28-60-63(54,55)47-44(53)62-41-40(59-26-32-19-11-4-12-20-32)39(58-25-31-17-9-3-10-18-31)38(57-24-30-15-7-2-8-16-30)33(45-41)27-56-23-29-13-5-1-6-14-29/h1-22,33-34,36-42,45,50-51H,23-28H2,(H,47,53)(H,46,49,52)/t33-,34-,36-,37?,38?,39-,40+,41-,42-/m1/s1. The first-order chi connectivity index (χ1) is 30.5. The molecule has 1 amide bonds. The third-order valence-electron chi connectivity index (χ3n) is 10.3. The summed E-state index contributed by atoms with van der Waals surface area (Å²) < 4.78 is 71.2. The van der Waals surface area contributed by atoms with Gasteiger partial charge in [0, 0.05) is 12.3 Å². The van der Waals surface area contributed by atoms with Crippen LogP contribution in [-0.4, -0.2) is 96.4 Å². The Hall–Kier alpha value is -5.58. The minimum atomic E-state index is -4.96. The number of aromatic nitrogens is 2. The lowest BCUT2D eigenvalue weighted by Crippen LogP contribution is -2.69. The van der Waals surface area contributed by atoms with E-state index in [2.05, 4.69) is 5.32 Å². The molecular formula is C44H48N4O14S. The number of carbonyl (C=O) groups is 1. The van der Waals surface area contributed by atoms with Crippen molar-refractivity contribution in [2.45, 2.75) is 81.5 Å². The zero-order valence-corrected chi connectivity index (χ0v) is 34.6. The summed E-state index contributed by atoms with van der Waals surface area (Å²) >= 11 is 0. The van der Waals surface area contributed by atoms with Gasteiger partial charge in [0.15, 0.2) is 12.5 Å². The van der Waals surface area contributed by atoms with Crippen molar-refractivity contribution < 1.29 is 56.0 Å². The predicted molar refractivity (Wildman–Crippen MR) is 224 cm³/mol. The number of aliphatic hydroxyl groups excluding tert-OH is 2. The number of amides is 1. The van der Waals surface area contributed by atoms with Gasteiger partial charge in [-0.2, -0.15) is 13.1 Å². The van der Waals surface area contributed by atoms with E-state index in [1.54, 1.807) is 4.72 Å². The van der Waals surface area contributed by atoms with E-state index in [0.29, 0.717) is 0 Å². The molecule has 4 aromatic carbocycles. The summed E-state index contributed by atoms with van der Waals surface area (Å²) in [4.78, 5) is 39.4. The molecule has 5 aromatic rings. The highest BCUT2D eigenvalue weighted by molar-refractivity contribution is 7.85. The quantitative estimate of drug-likeness (QED) is 0.0801. The number of aromatic amines is 1. The van der Waals surface area contributed by atoms with Crippen molar-refractivity contribution in [1.29, 1.82) is 0 Å². The molecule has 18 nitrogen and oxygen atoms in total. The van der Waals surface area contributed by atoms with Crippen LogP contribution in [0.25, 0.3) is 0 Å². The first-order valence-corrected chi connectivity index (χ1v) is 21.5. The highest BCUT2D eigenvalue weighted by Crippen LogP contribution is 2.30. The van der Waals surface area contributed by atoms with E-state index < -0.39 is 89.4 Å². The van der Waals surface area contributed by atoms with Crippen LogP contribution in [0.3, 0.4) is 0 Å². The van der Waals surface area contributed by atoms with Gasteiger partial charge in [-0.3, -0.25) is 23.8 Å². The second-order valence-electron chi connectivity index (χ2n) is 14.8. The Morgan fingerprint density at radius 3 is 1.71 bits per heavy atom. The van der Waals surface area contributed by atoms with Crippen LogP contribution in [0.1, 0.15) is 28.5 Å². The van der Waals surface area contributed by atoms with E-state index >= 15 is 0 Å². The Morgan fingerprint density at radius 2 is 1.17 bits per heavy atom. The van der Waals surface area contributed by atoms with Crippen LogP contribution < -0.4 is 21.3 Å². The third-order valence-corrected chi connectivity index (χ3v) is 11.1. The molecule has 2 aliphatic rings. The third kappa shape index (κ3) is 12.5. The van der Waals surface area contributed by atoms with Crippen molar-refractivity contribution in [3.05, 3.63) is 177 Å². The first-order valence-electron chi connectivity index (χ1n) is 20.1. The summed E-state index contributed by atoms with van der Waals surface area (Å²) in [5.74, 6) is 0. The Labute approximate surface area is 362 Å². The number of nitrogens with one attached hydrogen (secondary N) is 3. The second kappa shape index (κ2) is 21.7. The van der Waals surface area contributed by atoms with Gasteiger partial charge < -0.3 is 38.6 Å². The summed E-state index contributed by atoms with van der Waals surface area (Å²) in [6.45, 7) is -0.272. The highest BCUT2D eigenvalue weighted by Gasteiger charge is 2.49. The highest BCUT2D eigenvalue weighted by atomic mass is 32.2. The van der Waals surface area contributed by atoms with Crippen molar-refractivity contribution >= 4 is 16.4 Å². The van der Waals surface area contributed by atoms with E-state index in [1.165, 1.54) is 0 Å². The Balaban J connectivity index is 1.11. The predicted octanol–water partition coefficient (Wildman–Crippen LogP) is 2.41. The maximum atomic E-state index is 13.6. The molecule has 5 N–H and O–H groups in total. The Bertz CT molecular complexity index is 2430. The number of aliphatic hydroxyl groups is 2. The normalized spacial score (nSPS) is 24.8. The number of nitrogens with zero attached hydrogens (tertiary/aromatic N) is 1. The number of benzene rings is 4. The lowest BCUT2D eigenvalue weighted by Gasteiger charge is -2.46. The van der Waals surface area contributed by atoms with Gasteiger partial charge in [0.05, 0.1) is 45.7 Å². The minimum absolute atomic E-state index is 0.0373. The van der Waals surface area contributed by atoms with Crippen LogP contribution in [0.2, 0.25) is 0 Å². The maximum Gasteiger partial charge on any atom is 0.424 e. The summed E-state index contributed by atoms with van der Waals surface area (Å²) in [6.07, 6.45) is -11.0. The molecule has 9 atom stereocenters. The molecular weight excluding hydrogens is 841 g/mol. The van der Waals surface area contributed by atoms with Gasteiger partial charge in [-0.1, -0.05) is 121 Å². The number of H-pyrrole nitrogens is 1. The molecule has 1 aromatic heterocycles. The van der Waals surface area contributed by atoms with Crippen molar-refractivity contribution in [3.63, 3.8) is 0 Å². The van der Waals surface area contributed by atoms with Gasteiger partial charge in [-0.05, 0) is 22.3 Å². The van der Waals surface area contributed by atoms with Crippen LogP contribution in [0, 0.1) is 0 Å². The van der Waals surface area contributed by atoms with Gasteiger partial charge in [0.1, 0.15) is 36.6 Å². The van der Waals surface area contributed by atoms with E-state index in [9.17, 15) is 33.0 Å². The zero-order chi connectivity index (χ0) is 44.2. The summed E-state index contributed by atoms with van der Waals surface area (Å²) in [5, 5.41) is 24.4. The van der Waals surface area contributed by atoms with E-state index in [-0.39, 0.29) is 33.0 Å². The topological polar surface area (TPSA) is 235 Å². The summed E-state index contributed by atoms with van der Waals surface area (Å²) in [6, 6.07) is 38.0. The van der Waals surface area contributed by atoms with Crippen LogP contribution in [-0.2, 0) is 69.3 Å². The zero-order valence-electron chi connectivity index (χ0n) is 33.8. The summed E-state index contributed by atoms with van der Waals surface area (Å²) in [7, 11) is -4.96. The van der Waals surface area contributed by atoms with E-state index in [1.807, 2.05) is 126 Å². The molecule has 7 rings (SSSR count). The molecule has 0 radical (unpaired) electrons. The number of carbonyl (C=O) groups excluding carboxylic acids is 1. The largest absolute Gasteiger partial charge is 0.427 e. The molecule has 2 unspecified atom stereocenters. The van der Waals surface area contributed by atoms with Crippen molar-refractivity contribution in [2.24, 2.45) is 0 Å². The molecule has 0 spiro atoms. The molecule has 63 heavy (non-hydrogen) atoms. The minimum Gasteiger partial charge on any atom is -0.427 e. The maximum absolute atomic E-state index is 13.6. The molecule has 0 saturated carbocycles. The van der Waals surface area contributed by atoms with Gasteiger partial charge in [0.2, 0.25) is 0 Å². The van der Waals surface area contributed by atoms with Crippen molar-refractivity contribution in [1.82, 2.24) is 19.6 Å². The Kier molecular flexibility index (Phi) is 15.6. The number of hydrogen-bond donors (Lipinski definition) is 5. The van der Waals surface area contributed by atoms with Crippen LogP contribution in [0.5, 0.6) is 0 Å². The summed E-state index contributed by atoms with van der Waals surface area (Å²) in [5.41, 5.74) is 1.80. The monoisotopic (exact) mass is 888 g/mol. The number of ether oxygens (including phenoxy) is 6. The first kappa shape index (κ1) is 45.4. The molecule has 2 fully saturated rings. The van der Waals surface area contributed by atoms with Gasteiger partial charge in [-0.25, -0.2) is 9.59 Å². The SMILES string of the molecule is O=C(NS(=O)(=O)OC[C@H]1O[C@@H](n2ccc(=O)[nH]c2=O)C(O)[C@@H]1O)O[C@H]1N[C@H](COCc2ccccc2)C(OCc2ccccc2)[C@@H](OCc2ccccc2)[C@@H]1OCc1ccccc1. The molecule has 0 aliphatic carbocycles. The van der Waals surface area contributed by atoms with E-state index in [0.717, 1.165) is 39.1 Å². The molecule has 3 heterocycles.